The maximum atomic E-state index is 12.5. The molecule has 0 spiro atoms. The van der Waals surface area contributed by atoms with Gasteiger partial charge >= 0.3 is 0 Å². The van der Waals surface area contributed by atoms with Crippen LogP contribution in [0.2, 0.25) is 0 Å². The van der Waals surface area contributed by atoms with Crippen LogP contribution in [-0.4, -0.2) is 30.8 Å². The summed E-state index contributed by atoms with van der Waals surface area (Å²) in [5, 5.41) is 4.90. The highest BCUT2D eigenvalue weighted by atomic mass is 32.1. The summed E-state index contributed by atoms with van der Waals surface area (Å²) in [5.74, 6) is -0.420. The van der Waals surface area contributed by atoms with Gasteiger partial charge in [-0.15, -0.1) is 11.3 Å². The first kappa shape index (κ1) is 17.7. The monoisotopic (exact) mass is 383 g/mol. The molecule has 2 aromatic rings. The van der Waals surface area contributed by atoms with Crippen molar-refractivity contribution in [1.82, 2.24) is 5.32 Å². The Morgan fingerprint density at radius 2 is 2.15 bits per heavy atom. The Bertz CT molecular complexity index is 894. The molecule has 1 atom stereocenters. The van der Waals surface area contributed by atoms with Gasteiger partial charge in [0.15, 0.2) is 0 Å². The van der Waals surface area contributed by atoms with Crippen LogP contribution in [0.3, 0.4) is 0 Å². The number of hydrogen-bond donors (Lipinski definition) is 1. The van der Waals surface area contributed by atoms with Crippen LogP contribution in [0.4, 0.5) is 11.4 Å². The van der Waals surface area contributed by atoms with Crippen LogP contribution in [0.1, 0.15) is 23.8 Å². The zero-order valence-corrected chi connectivity index (χ0v) is 15.9. The Hall–Kier alpha value is -2.67. The third-order valence-electron chi connectivity index (χ3n) is 5.16. The summed E-state index contributed by atoms with van der Waals surface area (Å²) in [5.41, 5.74) is 2.79. The smallest absolute Gasteiger partial charge is 0.227 e. The van der Waals surface area contributed by atoms with E-state index in [1.165, 1.54) is 0 Å². The number of thiophene rings is 1. The van der Waals surface area contributed by atoms with Gasteiger partial charge in [-0.3, -0.25) is 14.4 Å². The topological polar surface area (TPSA) is 69.7 Å². The highest BCUT2D eigenvalue weighted by molar-refractivity contribution is 7.09. The molecule has 2 aliphatic rings. The van der Waals surface area contributed by atoms with E-state index in [9.17, 15) is 14.4 Å². The summed E-state index contributed by atoms with van der Waals surface area (Å²) < 4.78 is 0. The number of anilines is 2. The molecule has 1 unspecified atom stereocenters. The van der Waals surface area contributed by atoms with Crippen molar-refractivity contribution >= 4 is 40.4 Å². The lowest BCUT2D eigenvalue weighted by atomic mass is 10.1. The van der Waals surface area contributed by atoms with E-state index < -0.39 is 0 Å². The number of nitrogens with zero attached hydrogens (tertiary/aromatic N) is 2. The fraction of sp³-hybridized carbons (Fsp3) is 0.350. The molecule has 1 N–H and O–H groups in total. The second kappa shape index (κ2) is 7.15. The van der Waals surface area contributed by atoms with E-state index in [1.54, 1.807) is 28.1 Å². The molecule has 3 amide bonds. The van der Waals surface area contributed by atoms with Gasteiger partial charge in [0.05, 0.1) is 12.5 Å². The molecule has 27 heavy (non-hydrogen) atoms. The second-order valence-electron chi connectivity index (χ2n) is 6.94. The molecule has 1 fully saturated rings. The maximum absolute atomic E-state index is 12.5. The van der Waals surface area contributed by atoms with Gasteiger partial charge in [0.1, 0.15) is 0 Å². The molecule has 0 aliphatic carbocycles. The minimum Gasteiger partial charge on any atom is -0.351 e. The molecule has 1 aromatic carbocycles. The molecule has 1 aromatic heterocycles. The lowest BCUT2D eigenvalue weighted by Crippen LogP contribution is -2.32. The van der Waals surface area contributed by atoms with Crippen LogP contribution >= 0.6 is 11.3 Å². The normalized spacial score (nSPS) is 18.7. The number of carbonyl (C=O) groups excluding carboxylic acids is 3. The van der Waals surface area contributed by atoms with Gasteiger partial charge in [-0.05, 0) is 41.6 Å². The number of benzene rings is 1. The number of rotatable bonds is 4. The predicted octanol–water partition coefficient (Wildman–Crippen LogP) is 2.33. The zero-order chi connectivity index (χ0) is 19.0. The molecule has 3 heterocycles. The van der Waals surface area contributed by atoms with E-state index in [1.807, 2.05) is 35.7 Å². The van der Waals surface area contributed by atoms with Crippen LogP contribution in [0.25, 0.3) is 0 Å². The Balaban J connectivity index is 1.43. The third-order valence-corrected chi connectivity index (χ3v) is 6.04. The molecule has 0 radical (unpaired) electrons. The van der Waals surface area contributed by atoms with Crippen molar-refractivity contribution < 1.29 is 14.4 Å². The van der Waals surface area contributed by atoms with E-state index >= 15 is 0 Å². The fourth-order valence-electron chi connectivity index (χ4n) is 3.75. The van der Waals surface area contributed by atoms with E-state index in [4.69, 9.17) is 0 Å². The van der Waals surface area contributed by atoms with Crippen molar-refractivity contribution in [2.24, 2.45) is 5.92 Å². The van der Waals surface area contributed by atoms with Gasteiger partial charge < -0.3 is 15.1 Å². The van der Waals surface area contributed by atoms with Crippen LogP contribution < -0.4 is 15.1 Å². The van der Waals surface area contributed by atoms with E-state index in [0.717, 1.165) is 28.2 Å². The molecule has 6 nitrogen and oxygen atoms in total. The van der Waals surface area contributed by atoms with E-state index in [0.29, 0.717) is 19.6 Å². The molecular weight excluding hydrogens is 362 g/mol. The summed E-state index contributed by atoms with van der Waals surface area (Å²) in [7, 11) is 0. The van der Waals surface area contributed by atoms with Crippen molar-refractivity contribution in [3.05, 3.63) is 46.2 Å². The maximum Gasteiger partial charge on any atom is 0.227 e. The molecular formula is C20H21N3O3S. The fourth-order valence-corrected chi connectivity index (χ4v) is 4.39. The van der Waals surface area contributed by atoms with Gasteiger partial charge in [-0.1, -0.05) is 6.07 Å². The number of nitrogens with one attached hydrogen (secondary N) is 1. The van der Waals surface area contributed by atoms with Crippen LogP contribution in [0.5, 0.6) is 0 Å². The van der Waals surface area contributed by atoms with Crippen molar-refractivity contribution in [2.45, 2.75) is 26.3 Å². The highest BCUT2D eigenvalue weighted by Crippen LogP contribution is 2.34. The van der Waals surface area contributed by atoms with Crippen LogP contribution in [0, 0.1) is 5.92 Å². The quantitative estimate of drug-likeness (QED) is 0.881. The first-order chi connectivity index (χ1) is 13.0. The molecule has 140 valence electrons. The van der Waals surface area contributed by atoms with Gasteiger partial charge in [0.2, 0.25) is 17.7 Å². The molecule has 4 rings (SSSR count). The van der Waals surface area contributed by atoms with Crippen LogP contribution in [0.15, 0.2) is 35.7 Å². The summed E-state index contributed by atoms with van der Waals surface area (Å²) in [6.45, 7) is 3.13. The van der Waals surface area contributed by atoms with Crippen molar-refractivity contribution in [3.63, 3.8) is 0 Å². The van der Waals surface area contributed by atoms with Gasteiger partial charge in [-0.2, -0.15) is 0 Å². The summed E-state index contributed by atoms with van der Waals surface area (Å²) in [4.78, 5) is 41.1. The van der Waals surface area contributed by atoms with Crippen LogP contribution in [-0.2, 0) is 27.3 Å². The van der Waals surface area contributed by atoms with Crippen molar-refractivity contribution in [3.8, 4) is 0 Å². The molecule has 0 bridgehead atoms. The summed E-state index contributed by atoms with van der Waals surface area (Å²) in [6, 6.07) is 9.67. The Kier molecular flexibility index (Phi) is 4.70. The van der Waals surface area contributed by atoms with Gasteiger partial charge in [-0.25, -0.2) is 0 Å². The standard InChI is InChI=1S/C20H21N3O3S/c1-13(24)22-7-6-14-9-16(4-5-18(14)22)23-12-15(10-19(23)25)20(26)21-11-17-3-2-8-27-17/h2-5,8-9,15H,6-7,10-12H2,1H3,(H,21,26). The average Bonchev–Trinajstić information content (AvgIpc) is 3.38. The Labute approximate surface area is 161 Å². The molecule has 2 aliphatic heterocycles. The van der Waals surface area contributed by atoms with Crippen molar-refractivity contribution in [1.29, 1.82) is 0 Å². The number of hydrogen-bond acceptors (Lipinski definition) is 4. The van der Waals surface area contributed by atoms with Gasteiger partial charge in [0.25, 0.3) is 0 Å². The highest BCUT2D eigenvalue weighted by Gasteiger charge is 2.35. The number of fused-ring (bicyclic) bond motifs is 1. The lowest BCUT2D eigenvalue weighted by Gasteiger charge is -2.19. The van der Waals surface area contributed by atoms with E-state index in [-0.39, 0.29) is 30.1 Å². The van der Waals surface area contributed by atoms with E-state index in [2.05, 4.69) is 5.32 Å². The Morgan fingerprint density at radius 3 is 2.89 bits per heavy atom. The number of carbonyl (C=O) groups is 3. The first-order valence-electron chi connectivity index (χ1n) is 9.04. The van der Waals surface area contributed by atoms with Crippen molar-refractivity contribution in [2.75, 3.05) is 22.9 Å². The second-order valence-corrected chi connectivity index (χ2v) is 7.97. The molecule has 1 saturated heterocycles. The summed E-state index contributed by atoms with van der Waals surface area (Å²) in [6.07, 6.45) is 1.02. The minimum absolute atomic E-state index is 0.0289. The summed E-state index contributed by atoms with van der Waals surface area (Å²) >= 11 is 1.60. The predicted molar refractivity (Wildman–Crippen MR) is 105 cm³/mol. The number of amides is 3. The largest absolute Gasteiger partial charge is 0.351 e. The lowest BCUT2D eigenvalue weighted by molar-refractivity contribution is -0.126. The van der Waals surface area contributed by atoms with Gasteiger partial charge in [0, 0.05) is 42.7 Å². The third kappa shape index (κ3) is 3.47. The minimum atomic E-state index is -0.334. The molecule has 0 saturated carbocycles. The first-order valence-corrected chi connectivity index (χ1v) is 9.92. The molecule has 7 heteroatoms. The average molecular weight is 383 g/mol. The Morgan fingerprint density at radius 1 is 1.30 bits per heavy atom. The SMILES string of the molecule is CC(=O)N1CCc2cc(N3CC(C(=O)NCc4cccs4)CC3=O)ccc21. The zero-order valence-electron chi connectivity index (χ0n) is 15.1.